The number of halogens is 1. The standard InChI is InChI=1S/C20H20ClN3O2/c1-13-8-16(9-14(2)20(13)21)26-12-19(25)23-22-10-15-11-24(3)18-7-5-4-6-17(15)18/h4-11H,12H2,1-3H3,(H,23,25)/b22-10-. The van der Waals surface area contributed by atoms with Crippen molar-refractivity contribution in [2.75, 3.05) is 6.61 Å². The Labute approximate surface area is 157 Å². The van der Waals surface area contributed by atoms with Gasteiger partial charge >= 0.3 is 0 Å². The molecule has 0 spiro atoms. The number of ether oxygens (including phenoxy) is 1. The second kappa shape index (κ2) is 7.62. The molecule has 0 aliphatic heterocycles. The largest absolute Gasteiger partial charge is 0.484 e. The van der Waals surface area contributed by atoms with E-state index >= 15 is 0 Å². The topological polar surface area (TPSA) is 55.6 Å². The number of nitrogens with zero attached hydrogens (tertiary/aromatic N) is 2. The van der Waals surface area contributed by atoms with E-state index in [1.807, 2.05) is 68.1 Å². The van der Waals surface area contributed by atoms with Crippen molar-refractivity contribution in [2.45, 2.75) is 13.8 Å². The molecular formula is C20H20ClN3O2. The van der Waals surface area contributed by atoms with Crippen LogP contribution in [0.3, 0.4) is 0 Å². The molecule has 1 N–H and O–H groups in total. The molecule has 6 heteroatoms. The Balaban J connectivity index is 1.59. The van der Waals surface area contributed by atoms with Gasteiger partial charge in [-0.2, -0.15) is 5.10 Å². The summed E-state index contributed by atoms with van der Waals surface area (Å²) in [5, 5.41) is 5.82. The Morgan fingerprint density at radius 3 is 2.69 bits per heavy atom. The first-order valence-corrected chi connectivity index (χ1v) is 8.59. The average Bonchev–Trinajstić information content (AvgIpc) is 2.94. The Bertz CT molecular complexity index is 969. The monoisotopic (exact) mass is 369 g/mol. The highest BCUT2D eigenvalue weighted by Gasteiger charge is 2.07. The molecule has 2 aromatic carbocycles. The highest BCUT2D eigenvalue weighted by molar-refractivity contribution is 6.32. The first-order valence-electron chi connectivity index (χ1n) is 8.21. The number of para-hydroxylation sites is 1. The van der Waals surface area contributed by atoms with Crippen molar-refractivity contribution in [2.24, 2.45) is 12.1 Å². The Hall–Kier alpha value is -2.79. The SMILES string of the molecule is Cc1cc(OCC(=O)N/N=C\c2cn(C)c3ccccc23)cc(C)c1Cl. The summed E-state index contributed by atoms with van der Waals surface area (Å²) in [5.41, 5.74) is 6.36. The number of benzene rings is 2. The number of aryl methyl sites for hydroxylation is 3. The van der Waals surface area contributed by atoms with E-state index in [4.69, 9.17) is 16.3 Å². The third-order valence-corrected chi connectivity index (χ3v) is 4.70. The zero-order valence-corrected chi connectivity index (χ0v) is 15.7. The molecule has 3 aromatic rings. The van der Waals surface area contributed by atoms with Gasteiger partial charge in [-0.15, -0.1) is 0 Å². The third kappa shape index (κ3) is 3.89. The van der Waals surface area contributed by atoms with Crippen LogP contribution in [0.25, 0.3) is 10.9 Å². The molecule has 1 amide bonds. The minimum Gasteiger partial charge on any atom is -0.484 e. The summed E-state index contributed by atoms with van der Waals surface area (Å²) in [6.45, 7) is 3.68. The summed E-state index contributed by atoms with van der Waals surface area (Å²) < 4.78 is 7.53. The molecule has 0 fully saturated rings. The van der Waals surface area contributed by atoms with Crippen LogP contribution in [0, 0.1) is 13.8 Å². The number of aromatic nitrogens is 1. The lowest BCUT2D eigenvalue weighted by Crippen LogP contribution is -2.24. The van der Waals surface area contributed by atoms with Crippen LogP contribution in [0.4, 0.5) is 0 Å². The molecule has 0 aliphatic carbocycles. The first kappa shape index (κ1) is 18.0. The summed E-state index contributed by atoms with van der Waals surface area (Å²) in [4.78, 5) is 11.9. The molecule has 0 saturated carbocycles. The van der Waals surface area contributed by atoms with Crippen molar-refractivity contribution in [3.8, 4) is 5.75 Å². The number of amides is 1. The van der Waals surface area contributed by atoms with Crippen LogP contribution in [0.2, 0.25) is 5.02 Å². The number of carbonyl (C=O) groups is 1. The highest BCUT2D eigenvalue weighted by atomic mass is 35.5. The van der Waals surface area contributed by atoms with Gasteiger partial charge in [0.05, 0.1) is 6.21 Å². The van der Waals surface area contributed by atoms with Crippen LogP contribution in [0.5, 0.6) is 5.75 Å². The van der Waals surface area contributed by atoms with E-state index in [1.54, 1.807) is 6.21 Å². The van der Waals surface area contributed by atoms with Gasteiger partial charge in [0, 0.05) is 34.7 Å². The summed E-state index contributed by atoms with van der Waals surface area (Å²) in [6, 6.07) is 11.6. The lowest BCUT2D eigenvalue weighted by Gasteiger charge is -2.09. The Kier molecular flexibility index (Phi) is 5.28. The Morgan fingerprint density at radius 2 is 1.96 bits per heavy atom. The molecule has 0 bridgehead atoms. The van der Waals surface area contributed by atoms with Gasteiger partial charge in [-0.05, 0) is 43.2 Å². The fourth-order valence-electron chi connectivity index (χ4n) is 2.82. The molecular weight excluding hydrogens is 350 g/mol. The summed E-state index contributed by atoms with van der Waals surface area (Å²) in [5.74, 6) is 0.282. The minimum absolute atomic E-state index is 0.118. The van der Waals surface area contributed by atoms with Gasteiger partial charge in [0.15, 0.2) is 6.61 Å². The fraction of sp³-hybridized carbons (Fsp3) is 0.200. The predicted molar refractivity (Wildman–Crippen MR) is 105 cm³/mol. The normalized spacial score (nSPS) is 11.2. The second-order valence-electron chi connectivity index (χ2n) is 6.17. The second-order valence-corrected chi connectivity index (χ2v) is 6.54. The quantitative estimate of drug-likeness (QED) is 0.546. The molecule has 26 heavy (non-hydrogen) atoms. The van der Waals surface area contributed by atoms with E-state index < -0.39 is 0 Å². The Morgan fingerprint density at radius 1 is 1.27 bits per heavy atom. The number of hydrogen-bond acceptors (Lipinski definition) is 3. The van der Waals surface area contributed by atoms with E-state index in [-0.39, 0.29) is 12.5 Å². The molecule has 1 heterocycles. The summed E-state index contributed by atoms with van der Waals surface area (Å²) >= 11 is 6.13. The third-order valence-electron chi connectivity index (χ3n) is 4.10. The van der Waals surface area contributed by atoms with E-state index in [0.29, 0.717) is 10.8 Å². The smallest absolute Gasteiger partial charge is 0.277 e. The zero-order valence-electron chi connectivity index (χ0n) is 14.9. The van der Waals surface area contributed by atoms with Crippen molar-refractivity contribution >= 4 is 34.6 Å². The lowest BCUT2D eigenvalue weighted by atomic mass is 10.1. The van der Waals surface area contributed by atoms with Crippen molar-refractivity contribution in [3.63, 3.8) is 0 Å². The van der Waals surface area contributed by atoms with E-state index in [2.05, 4.69) is 10.5 Å². The van der Waals surface area contributed by atoms with E-state index in [0.717, 1.165) is 27.6 Å². The molecule has 3 rings (SSSR count). The first-order chi connectivity index (χ1) is 12.5. The van der Waals surface area contributed by atoms with Gasteiger partial charge < -0.3 is 9.30 Å². The van der Waals surface area contributed by atoms with E-state index in [9.17, 15) is 4.79 Å². The number of hydrogen-bond donors (Lipinski definition) is 1. The maximum Gasteiger partial charge on any atom is 0.277 e. The minimum atomic E-state index is -0.327. The summed E-state index contributed by atoms with van der Waals surface area (Å²) in [6.07, 6.45) is 3.60. The number of fused-ring (bicyclic) bond motifs is 1. The summed E-state index contributed by atoms with van der Waals surface area (Å²) in [7, 11) is 1.97. The van der Waals surface area contributed by atoms with Gasteiger partial charge in [0.1, 0.15) is 5.75 Å². The molecule has 0 unspecified atom stereocenters. The molecule has 0 radical (unpaired) electrons. The van der Waals surface area contributed by atoms with Crippen LogP contribution in [0.15, 0.2) is 47.7 Å². The van der Waals surface area contributed by atoms with E-state index in [1.165, 1.54) is 0 Å². The van der Waals surface area contributed by atoms with Crippen LogP contribution in [-0.2, 0) is 11.8 Å². The molecule has 134 valence electrons. The molecule has 5 nitrogen and oxygen atoms in total. The van der Waals surface area contributed by atoms with Crippen molar-refractivity contribution in [1.29, 1.82) is 0 Å². The molecule has 1 aromatic heterocycles. The average molecular weight is 370 g/mol. The van der Waals surface area contributed by atoms with Crippen LogP contribution in [-0.4, -0.2) is 23.3 Å². The number of carbonyl (C=O) groups excluding carboxylic acids is 1. The fourth-order valence-corrected chi connectivity index (χ4v) is 2.93. The van der Waals surface area contributed by atoms with Gasteiger partial charge in [0.2, 0.25) is 0 Å². The van der Waals surface area contributed by atoms with Crippen LogP contribution >= 0.6 is 11.6 Å². The lowest BCUT2D eigenvalue weighted by molar-refractivity contribution is -0.123. The zero-order chi connectivity index (χ0) is 18.7. The number of hydrazone groups is 1. The van der Waals surface area contributed by atoms with Crippen molar-refractivity contribution < 1.29 is 9.53 Å². The van der Waals surface area contributed by atoms with Crippen LogP contribution < -0.4 is 10.2 Å². The van der Waals surface area contributed by atoms with Gasteiger partial charge in [0.25, 0.3) is 5.91 Å². The van der Waals surface area contributed by atoms with Crippen molar-refractivity contribution in [1.82, 2.24) is 9.99 Å². The van der Waals surface area contributed by atoms with Gasteiger partial charge in [-0.25, -0.2) is 5.43 Å². The van der Waals surface area contributed by atoms with Gasteiger partial charge in [-0.1, -0.05) is 29.8 Å². The molecule has 0 atom stereocenters. The maximum atomic E-state index is 11.9. The van der Waals surface area contributed by atoms with Gasteiger partial charge in [-0.3, -0.25) is 4.79 Å². The molecule has 0 saturated heterocycles. The van der Waals surface area contributed by atoms with Crippen LogP contribution in [0.1, 0.15) is 16.7 Å². The number of rotatable bonds is 5. The van der Waals surface area contributed by atoms with Crippen molar-refractivity contribution in [3.05, 3.63) is 64.3 Å². The maximum absolute atomic E-state index is 11.9. The predicted octanol–water partition coefficient (Wildman–Crippen LogP) is 3.98. The number of nitrogens with one attached hydrogen (secondary N) is 1. The highest BCUT2D eigenvalue weighted by Crippen LogP contribution is 2.25. The molecule has 0 aliphatic rings.